The summed E-state index contributed by atoms with van der Waals surface area (Å²) in [5, 5.41) is 21.2. The SMILES string of the molecule is O=C(OCCOC=Cc1ccc([N+](=O)[O-])cc1)OCCOC=Cc1ccc([N+](=O)[O-])cc1. The van der Waals surface area contributed by atoms with Crippen LogP contribution in [0.2, 0.25) is 0 Å². The fourth-order valence-corrected chi connectivity index (χ4v) is 2.19. The quantitative estimate of drug-likeness (QED) is 0.154. The minimum absolute atomic E-state index is 0.000827. The lowest BCUT2D eigenvalue weighted by molar-refractivity contribution is -0.385. The highest BCUT2D eigenvalue weighted by Gasteiger charge is 2.04. The van der Waals surface area contributed by atoms with E-state index >= 15 is 0 Å². The van der Waals surface area contributed by atoms with Crippen molar-refractivity contribution < 1.29 is 33.6 Å². The van der Waals surface area contributed by atoms with Gasteiger partial charge in [-0.3, -0.25) is 20.2 Å². The van der Waals surface area contributed by atoms with Crippen LogP contribution < -0.4 is 0 Å². The standard InChI is InChI=1S/C21H20N2O9/c24-21(31-15-13-29-11-9-17-1-5-19(6-2-17)22(25)26)32-16-14-30-12-10-18-3-7-20(8-4-18)23(27)28/h1-12H,13-16H2. The highest BCUT2D eigenvalue weighted by molar-refractivity contribution is 5.59. The number of hydrogen-bond acceptors (Lipinski definition) is 9. The van der Waals surface area contributed by atoms with Gasteiger partial charge in [-0.05, 0) is 47.5 Å². The van der Waals surface area contributed by atoms with Gasteiger partial charge in [0.05, 0.1) is 22.4 Å². The summed E-state index contributed by atoms with van der Waals surface area (Å²) in [6.45, 7) is 0.161. The number of nitro benzene ring substituents is 2. The second-order valence-electron chi connectivity index (χ2n) is 5.99. The van der Waals surface area contributed by atoms with Crippen LogP contribution in [0.4, 0.5) is 16.2 Å². The number of rotatable bonds is 12. The van der Waals surface area contributed by atoms with Gasteiger partial charge in [-0.1, -0.05) is 0 Å². The molecule has 0 aliphatic carbocycles. The zero-order chi connectivity index (χ0) is 23.2. The summed E-state index contributed by atoms with van der Waals surface area (Å²) in [6, 6.07) is 11.8. The van der Waals surface area contributed by atoms with E-state index in [0.29, 0.717) is 0 Å². The maximum Gasteiger partial charge on any atom is 0.508 e. The van der Waals surface area contributed by atoms with Crippen molar-refractivity contribution in [3.63, 3.8) is 0 Å². The lowest BCUT2D eigenvalue weighted by atomic mass is 10.2. The molecule has 2 rings (SSSR count). The normalized spacial score (nSPS) is 10.8. The fraction of sp³-hybridized carbons (Fsp3) is 0.190. The van der Waals surface area contributed by atoms with Crippen molar-refractivity contribution in [3.05, 3.63) is 92.4 Å². The van der Waals surface area contributed by atoms with Crippen molar-refractivity contribution in [2.24, 2.45) is 0 Å². The Kier molecular flexibility index (Phi) is 9.70. The summed E-state index contributed by atoms with van der Waals surface area (Å²) in [6.07, 6.45) is 5.14. The Hall–Kier alpha value is -4.41. The van der Waals surface area contributed by atoms with Crippen LogP contribution in [-0.2, 0) is 18.9 Å². The molecule has 0 saturated carbocycles. The zero-order valence-corrected chi connectivity index (χ0v) is 16.8. The van der Waals surface area contributed by atoms with Crippen molar-refractivity contribution in [1.29, 1.82) is 0 Å². The number of hydrogen-bond donors (Lipinski definition) is 0. The van der Waals surface area contributed by atoms with Gasteiger partial charge in [0.1, 0.15) is 26.4 Å². The number of carbonyl (C=O) groups is 1. The van der Waals surface area contributed by atoms with E-state index in [1.807, 2.05) is 0 Å². The van der Waals surface area contributed by atoms with E-state index in [4.69, 9.17) is 18.9 Å². The predicted molar refractivity (Wildman–Crippen MR) is 113 cm³/mol. The van der Waals surface area contributed by atoms with Crippen LogP contribution in [0.3, 0.4) is 0 Å². The minimum Gasteiger partial charge on any atom is -0.498 e. The molecule has 0 aliphatic heterocycles. The Morgan fingerprint density at radius 2 is 1.06 bits per heavy atom. The largest absolute Gasteiger partial charge is 0.508 e. The molecule has 11 nitrogen and oxygen atoms in total. The molecule has 2 aromatic rings. The molecule has 2 aromatic carbocycles. The highest BCUT2D eigenvalue weighted by atomic mass is 16.7. The number of nitro groups is 2. The molecule has 0 unspecified atom stereocenters. The smallest absolute Gasteiger partial charge is 0.498 e. The Morgan fingerprint density at radius 1 is 0.688 bits per heavy atom. The van der Waals surface area contributed by atoms with Crippen LogP contribution in [0, 0.1) is 20.2 Å². The van der Waals surface area contributed by atoms with Gasteiger partial charge in [0.15, 0.2) is 0 Å². The molecular weight excluding hydrogens is 424 g/mol. The van der Waals surface area contributed by atoms with Crippen molar-refractivity contribution in [1.82, 2.24) is 0 Å². The fourth-order valence-electron chi connectivity index (χ4n) is 2.19. The molecule has 0 bridgehead atoms. The third kappa shape index (κ3) is 8.95. The topological polar surface area (TPSA) is 140 Å². The van der Waals surface area contributed by atoms with E-state index in [1.165, 1.54) is 36.8 Å². The number of nitrogens with zero attached hydrogens (tertiary/aromatic N) is 2. The van der Waals surface area contributed by atoms with E-state index in [9.17, 15) is 25.0 Å². The van der Waals surface area contributed by atoms with Crippen LogP contribution in [0.15, 0.2) is 61.1 Å². The van der Waals surface area contributed by atoms with Crippen molar-refractivity contribution >= 4 is 29.7 Å². The van der Waals surface area contributed by atoms with Gasteiger partial charge in [0, 0.05) is 24.3 Å². The average molecular weight is 444 g/mol. The van der Waals surface area contributed by atoms with Crippen molar-refractivity contribution in [3.8, 4) is 0 Å². The monoisotopic (exact) mass is 444 g/mol. The number of ether oxygens (including phenoxy) is 4. The first-order chi connectivity index (χ1) is 15.5. The molecule has 0 N–H and O–H groups in total. The molecule has 0 spiro atoms. The van der Waals surface area contributed by atoms with Crippen LogP contribution in [0.5, 0.6) is 0 Å². The lowest BCUT2D eigenvalue weighted by Crippen LogP contribution is -2.13. The molecule has 0 aromatic heterocycles. The Balaban J connectivity index is 1.51. The molecule has 0 fully saturated rings. The maximum atomic E-state index is 11.4. The zero-order valence-electron chi connectivity index (χ0n) is 16.8. The number of benzene rings is 2. The Labute approximate surface area is 182 Å². The van der Waals surface area contributed by atoms with Crippen LogP contribution >= 0.6 is 0 Å². The summed E-state index contributed by atoms with van der Waals surface area (Å²) in [5.41, 5.74) is 1.44. The number of non-ortho nitro benzene ring substituents is 2. The van der Waals surface area contributed by atoms with E-state index in [1.54, 1.807) is 36.4 Å². The average Bonchev–Trinajstić information content (AvgIpc) is 2.79. The first-order valence-electron chi connectivity index (χ1n) is 9.30. The molecule has 0 heterocycles. The summed E-state index contributed by atoms with van der Waals surface area (Å²) in [4.78, 5) is 31.6. The summed E-state index contributed by atoms with van der Waals surface area (Å²) >= 11 is 0. The number of carbonyl (C=O) groups excluding carboxylic acids is 1. The molecule has 0 radical (unpaired) electrons. The third-order valence-electron chi connectivity index (χ3n) is 3.76. The lowest BCUT2D eigenvalue weighted by Gasteiger charge is -2.06. The van der Waals surface area contributed by atoms with Crippen molar-refractivity contribution in [2.75, 3.05) is 26.4 Å². The van der Waals surface area contributed by atoms with Gasteiger partial charge >= 0.3 is 6.16 Å². The second-order valence-corrected chi connectivity index (χ2v) is 5.99. The Bertz CT molecular complexity index is 877. The van der Waals surface area contributed by atoms with E-state index in [0.717, 1.165) is 11.1 Å². The summed E-state index contributed by atoms with van der Waals surface area (Å²) in [7, 11) is 0. The van der Waals surface area contributed by atoms with Gasteiger partial charge in [-0.2, -0.15) is 0 Å². The Morgan fingerprint density at radius 3 is 1.41 bits per heavy atom. The summed E-state index contributed by atoms with van der Waals surface area (Å²) < 4.78 is 20.0. The van der Waals surface area contributed by atoms with Gasteiger partial charge in [-0.25, -0.2) is 4.79 Å². The molecule has 32 heavy (non-hydrogen) atoms. The molecule has 0 amide bonds. The van der Waals surface area contributed by atoms with Gasteiger partial charge in [-0.15, -0.1) is 0 Å². The summed E-state index contributed by atoms with van der Waals surface area (Å²) in [5.74, 6) is 0. The van der Waals surface area contributed by atoms with Crippen LogP contribution in [0.1, 0.15) is 11.1 Å². The maximum absolute atomic E-state index is 11.4. The highest BCUT2D eigenvalue weighted by Crippen LogP contribution is 2.13. The molecule has 11 heteroatoms. The van der Waals surface area contributed by atoms with E-state index in [2.05, 4.69) is 0 Å². The first-order valence-corrected chi connectivity index (χ1v) is 9.30. The van der Waals surface area contributed by atoms with Crippen LogP contribution in [-0.4, -0.2) is 42.4 Å². The molecular formula is C21H20N2O9. The molecule has 0 atom stereocenters. The third-order valence-corrected chi connectivity index (χ3v) is 3.76. The van der Waals surface area contributed by atoms with Gasteiger partial charge in [0.2, 0.25) is 0 Å². The van der Waals surface area contributed by atoms with Gasteiger partial charge < -0.3 is 18.9 Å². The predicted octanol–water partition coefficient (Wildman–Crippen LogP) is 4.33. The molecule has 168 valence electrons. The van der Waals surface area contributed by atoms with Gasteiger partial charge in [0.25, 0.3) is 11.4 Å². The van der Waals surface area contributed by atoms with Crippen LogP contribution in [0.25, 0.3) is 12.2 Å². The molecule has 0 saturated heterocycles. The molecule has 0 aliphatic rings. The minimum atomic E-state index is -0.865. The second kappa shape index (κ2) is 13.0. The van der Waals surface area contributed by atoms with E-state index < -0.39 is 16.0 Å². The van der Waals surface area contributed by atoms with E-state index in [-0.39, 0.29) is 37.8 Å². The van der Waals surface area contributed by atoms with Crippen molar-refractivity contribution in [2.45, 2.75) is 0 Å². The first kappa shape index (κ1) is 23.9.